The van der Waals surface area contributed by atoms with Gasteiger partial charge in [-0.3, -0.25) is 0 Å². The number of hydrogen-bond acceptors (Lipinski definition) is 3. The second-order valence-corrected chi connectivity index (χ2v) is 7.47. The number of methoxy groups -OCH3 is 2. The van der Waals surface area contributed by atoms with E-state index in [0.717, 1.165) is 42.7 Å². The molecule has 0 aliphatic heterocycles. The van der Waals surface area contributed by atoms with Gasteiger partial charge in [0, 0.05) is 0 Å². The number of aryl methyl sites for hydroxylation is 1. The van der Waals surface area contributed by atoms with Crippen LogP contribution < -0.4 is 9.47 Å². The highest BCUT2D eigenvalue weighted by atomic mass is 16.5. The molecule has 0 aromatic heterocycles. The lowest BCUT2D eigenvalue weighted by atomic mass is 9.60. The van der Waals surface area contributed by atoms with E-state index in [1.165, 1.54) is 6.42 Å². The monoisotopic (exact) mass is 306 g/mol. The van der Waals surface area contributed by atoms with Crippen LogP contribution in [-0.2, 0) is 6.42 Å². The van der Waals surface area contributed by atoms with Crippen LogP contribution in [0.15, 0.2) is 18.2 Å². The first-order valence-corrected chi connectivity index (χ1v) is 8.23. The van der Waals surface area contributed by atoms with Crippen molar-refractivity contribution >= 4 is 0 Å². The molecule has 22 heavy (non-hydrogen) atoms. The zero-order valence-electron chi connectivity index (χ0n) is 14.6. The Kier molecular flexibility index (Phi) is 5.06. The smallest absolute Gasteiger partial charge is 0.122 e. The van der Waals surface area contributed by atoms with Gasteiger partial charge in [0.25, 0.3) is 0 Å². The molecular weight excluding hydrogens is 276 g/mol. The van der Waals surface area contributed by atoms with Crippen molar-refractivity contribution in [3.05, 3.63) is 23.8 Å². The standard InChI is InChI=1S/C19H30O3/c1-18(2)11-6-12-19(3,20)17(18)10-7-14-13-15(21-4)8-9-16(14)22-5/h8-9,13,17,20H,6-7,10-12H2,1-5H3. The van der Waals surface area contributed by atoms with Crippen LogP contribution in [0.25, 0.3) is 0 Å². The van der Waals surface area contributed by atoms with Gasteiger partial charge < -0.3 is 14.6 Å². The van der Waals surface area contributed by atoms with Crippen molar-refractivity contribution in [2.45, 2.75) is 58.5 Å². The van der Waals surface area contributed by atoms with Gasteiger partial charge in [-0.2, -0.15) is 0 Å². The predicted molar refractivity (Wildman–Crippen MR) is 89.6 cm³/mol. The quantitative estimate of drug-likeness (QED) is 0.885. The largest absolute Gasteiger partial charge is 0.497 e. The Morgan fingerprint density at radius 2 is 1.86 bits per heavy atom. The molecule has 0 spiro atoms. The molecule has 3 nitrogen and oxygen atoms in total. The Morgan fingerprint density at radius 3 is 2.45 bits per heavy atom. The summed E-state index contributed by atoms with van der Waals surface area (Å²) in [4.78, 5) is 0. The van der Waals surface area contributed by atoms with Gasteiger partial charge in [0.1, 0.15) is 11.5 Å². The lowest BCUT2D eigenvalue weighted by molar-refractivity contribution is -0.0919. The molecule has 0 amide bonds. The first-order valence-electron chi connectivity index (χ1n) is 8.23. The molecule has 1 aromatic carbocycles. The van der Waals surface area contributed by atoms with Crippen LogP contribution in [0.1, 0.15) is 52.0 Å². The van der Waals surface area contributed by atoms with E-state index in [2.05, 4.69) is 13.8 Å². The molecule has 0 bridgehead atoms. The van der Waals surface area contributed by atoms with Crippen LogP contribution in [0.3, 0.4) is 0 Å². The zero-order valence-corrected chi connectivity index (χ0v) is 14.6. The molecule has 0 radical (unpaired) electrons. The lowest BCUT2D eigenvalue weighted by Gasteiger charge is -2.48. The van der Waals surface area contributed by atoms with Crippen molar-refractivity contribution in [2.75, 3.05) is 14.2 Å². The van der Waals surface area contributed by atoms with E-state index < -0.39 is 5.60 Å². The van der Waals surface area contributed by atoms with Crippen LogP contribution in [-0.4, -0.2) is 24.9 Å². The van der Waals surface area contributed by atoms with Gasteiger partial charge in [0.05, 0.1) is 19.8 Å². The van der Waals surface area contributed by atoms with Gasteiger partial charge >= 0.3 is 0 Å². The average molecular weight is 306 g/mol. The van der Waals surface area contributed by atoms with Gasteiger partial charge in [0.15, 0.2) is 0 Å². The van der Waals surface area contributed by atoms with Crippen LogP contribution >= 0.6 is 0 Å². The number of benzene rings is 1. The number of aliphatic hydroxyl groups is 1. The van der Waals surface area contributed by atoms with E-state index >= 15 is 0 Å². The van der Waals surface area contributed by atoms with E-state index in [9.17, 15) is 5.11 Å². The third-order valence-electron chi connectivity index (χ3n) is 5.39. The van der Waals surface area contributed by atoms with Crippen molar-refractivity contribution in [3.63, 3.8) is 0 Å². The molecule has 0 saturated heterocycles. The molecule has 1 saturated carbocycles. The summed E-state index contributed by atoms with van der Waals surface area (Å²) in [5.74, 6) is 2.05. The maximum atomic E-state index is 10.8. The molecule has 1 N–H and O–H groups in total. The van der Waals surface area contributed by atoms with Crippen LogP contribution in [0, 0.1) is 11.3 Å². The summed E-state index contributed by atoms with van der Waals surface area (Å²) < 4.78 is 10.8. The number of hydrogen-bond donors (Lipinski definition) is 1. The second kappa shape index (κ2) is 6.49. The van der Waals surface area contributed by atoms with E-state index in [1.54, 1.807) is 14.2 Å². The highest BCUT2D eigenvalue weighted by molar-refractivity contribution is 5.40. The Labute approximate surface area is 134 Å². The number of rotatable bonds is 5. The summed E-state index contributed by atoms with van der Waals surface area (Å²) in [7, 11) is 3.38. The minimum Gasteiger partial charge on any atom is -0.497 e. The summed E-state index contributed by atoms with van der Waals surface area (Å²) in [6.07, 6.45) is 5.05. The summed E-state index contributed by atoms with van der Waals surface area (Å²) in [5.41, 5.74) is 0.751. The molecule has 1 fully saturated rings. The van der Waals surface area contributed by atoms with Crippen molar-refractivity contribution in [1.82, 2.24) is 0 Å². The van der Waals surface area contributed by atoms with E-state index in [4.69, 9.17) is 9.47 Å². The Bertz CT molecular complexity index is 489. The summed E-state index contributed by atoms with van der Waals surface area (Å²) in [6.45, 7) is 6.57. The van der Waals surface area contributed by atoms with Crippen LogP contribution in [0.2, 0.25) is 0 Å². The van der Waals surface area contributed by atoms with Crippen molar-refractivity contribution in [1.29, 1.82) is 0 Å². The molecule has 124 valence electrons. The van der Waals surface area contributed by atoms with Crippen molar-refractivity contribution in [2.24, 2.45) is 11.3 Å². The van der Waals surface area contributed by atoms with Gasteiger partial charge in [-0.25, -0.2) is 0 Å². The third-order valence-corrected chi connectivity index (χ3v) is 5.39. The minimum absolute atomic E-state index is 0.174. The Hall–Kier alpha value is -1.22. The van der Waals surface area contributed by atoms with E-state index in [0.29, 0.717) is 5.92 Å². The summed E-state index contributed by atoms with van der Waals surface area (Å²) >= 11 is 0. The Morgan fingerprint density at radius 1 is 1.14 bits per heavy atom. The molecule has 2 rings (SSSR count). The third kappa shape index (κ3) is 3.57. The van der Waals surface area contributed by atoms with Crippen molar-refractivity contribution in [3.8, 4) is 11.5 Å². The van der Waals surface area contributed by atoms with Gasteiger partial charge in [-0.1, -0.05) is 20.3 Å². The van der Waals surface area contributed by atoms with Crippen LogP contribution in [0.5, 0.6) is 11.5 Å². The molecule has 1 aromatic rings. The predicted octanol–water partition coefficient (Wildman–Crippen LogP) is 4.21. The fraction of sp³-hybridized carbons (Fsp3) is 0.684. The second-order valence-electron chi connectivity index (χ2n) is 7.47. The molecule has 3 heteroatoms. The zero-order chi connectivity index (χ0) is 16.4. The molecular formula is C19H30O3. The highest BCUT2D eigenvalue weighted by Crippen LogP contribution is 2.48. The maximum absolute atomic E-state index is 10.8. The molecule has 0 heterocycles. The minimum atomic E-state index is -0.576. The molecule has 1 aliphatic carbocycles. The first-order chi connectivity index (χ1) is 10.3. The maximum Gasteiger partial charge on any atom is 0.122 e. The average Bonchev–Trinajstić information content (AvgIpc) is 2.45. The van der Waals surface area contributed by atoms with E-state index in [-0.39, 0.29) is 5.41 Å². The normalized spacial score (nSPS) is 27.5. The topological polar surface area (TPSA) is 38.7 Å². The molecule has 1 aliphatic rings. The summed E-state index contributed by atoms with van der Waals surface area (Å²) in [6, 6.07) is 5.92. The SMILES string of the molecule is COc1ccc(OC)c(CCC2C(C)(C)CCCC2(C)O)c1. The Balaban J connectivity index is 2.17. The van der Waals surface area contributed by atoms with Crippen LogP contribution in [0.4, 0.5) is 0 Å². The highest BCUT2D eigenvalue weighted by Gasteiger charge is 2.44. The molecule has 2 atom stereocenters. The summed E-state index contributed by atoms with van der Waals surface area (Å²) in [5, 5.41) is 10.8. The first kappa shape index (κ1) is 17.1. The van der Waals surface area contributed by atoms with Gasteiger partial charge in [-0.05, 0) is 67.7 Å². The fourth-order valence-corrected chi connectivity index (χ4v) is 4.17. The fourth-order valence-electron chi connectivity index (χ4n) is 4.17. The molecule has 2 unspecified atom stereocenters. The van der Waals surface area contributed by atoms with Gasteiger partial charge in [-0.15, -0.1) is 0 Å². The number of ether oxygens (including phenoxy) is 2. The van der Waals surface area contributed by atoms with Gasteiger partial charge in [0.2, 0.25) is 0 Å². The lowest BCUT2D eigenvalue weighted by Crippen LogP contribution is -2.47. The van der Waals surface area contributed by atoms with E-state index in [1.807, 2.05) is 25.1 Å². The van der Waals surface area contributed by atoms with Crippen molar-refractivity contribution < 1.29 is 14.6 Å².